The number of halogens is 1. The van der Waals surface area contributed by atoms with Crippen LogP contribution < -0.4 is 0 Å². The molecule has 0 aliphatic carbocycles. The van der Waals surface area contributed by atoms with E-state index >= 15 is 0 Å². The van der Waals surface area contributed by atoms with E-state index in [1.54, 1.807) is 36.4 Å². The first-order chi connectivity index (χ1) is 8.65. The highest BCUT2D eigenvalue weighted by Crippen LogP contribution is 2.09. The molecule has 0 aliphatic heterocycles. The highest BCUT2D eigenvalue weighted by molar-refractivity contribution is 5.88. The number of nitrogens with zero attached hydrogens (tertiary/aromatic N) is 1. The van der Waals surface area contributed by atoms with Gasteiger partial charge in [-0.2, -0.15) is 4.39 Å². The van der Waals surface area contributed by atoms with E-state index in [4.69, 9.17) is 5.11 Å². The minimum atomic E-state index is -0.961. The SMILES string of the molecule is O=C(O)c1ccc(/C=C/c2cccc(F)n2)cc1. The van der Waals surface area contributed by atoms with Crippen molar-refractivity contribution in [3.8, 4) is 0 Å². The third-order valence-corrected chi connectivity index (χ3v) is 2.34. The van der Waals surface area contributed by atoms with Gasteiger partial charge in [0.05, 0.1) is 11.3 Å². The lowest BCUT2D eigenvalue weighted by Crippen LogP contribution is -1.94. The molecule has 2 aromatic rings. The van der Waals surface area contributed by atoms with Gasteiger partial charge in [-0.1, -0.05) is 24.3 Å². The van der Waals surface area contributed by atoms with Crippen LogP contribution in [-0.4, -0.2) is 16.1 Å². The number of aromatic carboxylic acids is 1. The summed E-state index contributed by atoms with van der Waals surface area (Å²) < 4.78 is 12.8. The Morgan fingerprint density at radius 1 is 1.11 bits per heavy atom. The Bertz CT molecular complexity index is 591. The number of carboxylic acids is 1. The predicted octanol–water partition coefficient (Wildman–Crippen LogP) is 3.09. The fourth-order valence-electron chi connectivity index (χ4n) is 1.44. The Balaban J connectivity index is 2.16. The maximum Gasteiger partial charge on any atom is 0.335 e. The summed E-state index contributed by atoms with van der Waals surface area (Å²) in [6, 6.07) is 10.9. The summed E-state index contributed by atoms with van der Waals surface area (Å²) in [4.78, 5) is 14.3. The predicted molar refractivity (Wildman–Crippen MR) is 66.5 cm³/mol. The average Bonchev–Trinajstić information content (AvgIpc) is 2.37. The maximum absolute atomic E-state index is 12.8. The Kier molecular flexibility index (Phi) is 3.48. The molecule has 4 heteroatoms. The van der Waals surface area contributed by atoms with Gasteiger partial charge in [0.25, 0.3) is 0 Å². The van der Waals surface area contributed by atoms with E-state index in [1.165, 1.54) is 18.2 Å². The van der Waals surface area contributed by atoms with Crippen molar-refractivity contribution in [3.63, 3.8) is 0 Å². The average molecular weight is 243 g/mol. The Hall–Kier alpha value is -2.49. The van der Waals surface area contributed by atoms with Crippen LogP contribution in [0.3, 0.4) is 0 Å². The summed E-state index contributed by atoms with van der Waals surface area (Å²) >= 11 is 0. The van der Waals surface area contributed by atoms with E-state index in [-0.39, 0.29) is 5.56 Å². The van der Waals surface area contributed by atoms with Crippen LogP contribution >= 0.6 is 0 Å². The van der Waals surface area contributed by atoms with Crippen LogP contribution in [0.4, 0.5) is 4.39 Å². The molecule has 0 saturated carbocycles. The first kappa shape index (κ1) is 12.0. The first-order valence-corrected chi connectivity index (χ1v) is 5.29. The van der Waals surface area contributed by atoms with E-state index in [9.17, 15) is 9.18 Å². The maximum atomic E-state index is 12.8. The number of carbonyl (C=O) groups is 1. The molecular weight excluding hydrogens is 233 g/mol. The fraction of sp³-hybridized carbons (Fsp3) is 0. The molecule has 0 aliphatic rings. The van der Waals surface area contributed by atoms with Crippen molar-refractivity contribution in [1.82, 2.24) is 4.98 Å². The largest absolute Gasteiger partial charge is 0.478 e. The van der Waals surface area contributed by atoms with Gasteiger partial charge in [0.15, 0.2) is 0 Å². The Labute approximate surface area is 103 Å². The van der Waals surface area contributed by atoms with Crippen molar-refractivity contribution >= 4 is 18.1 Å². The fourth-order valence-corrected chi connectivity index (χ4v) is 1.44. The van der Waals surface area contributed by atoms with Gasteiger partial charge in [-0.3, -0.25) is 0 Å². The van der Waals surface area contributed by atoms with Crippen molar-refractivity contribution in [1.29, 1.82) is 0 Å². The summed E-state index contributed by atoms with van der Waals surface area (Å²) in [7, 11) is 0. The molecule has 0 fully saturated rings. The second-order valence-corrected chi connectivity index (χ2v) is 3.65. The zero-order valence-electron chi connectivity index (χ0n) is 9.38. The van der Waals surface area contributed by atoms with Gasteiger partial charge in [0.2, 0.25) is 5.95 Å². The molecule has 0 unspecified atom stereocenters. The van der Waals surface area contributed by atoms with Crippen molar-refractivity contribution < 1.29 is 14.3 Å². The molecule has 1 aromatic carbocycles. The molecule has 0 atom stereocenters. The molecule has 0 radical (unpaired) electrons. The van der Waals surface area contributed by atoms with E-state index in [0.29, 0.717) is 5.69 Å². The Morgan fingerprint density at radius 2 is 1.83 bits per heavy atom. The van der Waals surface area contributed by atoms with Crippen LogP contribution in [0.2, 0.25) is 0 Å². The van der Waals surface area contributed by atoms with Crippen molar-refractivity contribution in [2.45, 2.75) is 0 Å². The van der Waals surface area contributed by atoms with Crippen LogP contribution in [0.25, 0.3) is 12.2 Å². The zero-order chi connectivity index (χ0) is 13.0. The lowest BCUT2D eigenvalue weighted by atomic mass is 10.1. The van der Waals surface area contributed by atoms with Crippen LogP contribution in [0, 0.1) is 5.95 Å². The molecule has 18 heavy (non-hydrogen) atoms. The molecule has 2 rings (SSSR count). The van der Waals surface area contributed by atoms with E-state index in [0.717, 1.165) is 5.56 Å². The zero-order valence-corrected chi connectivity index (χ0v) is 9.38. The third kappa shape index (κ3) is 3.01. The number of hydrogen-bond donors (Lipinski definition) is 1. The van der Waals surface area contributed by atoms with Gasteiger partial charge < -0.3 is 5.11 Å². The highest BCUT2D eigenvalue weighted by atomic mass is 19.1. The molecule has 1 N–H and O–H groups in total. The van der Waals surface area contributed by atoms with Gasteiger partial charge in [0, 0.05) is 0 Å². The van der Waals surface area contributed by atoms with Gasteiger partial charge in [-0.25, -0.2) is 9.78 Å². The standard InChI is InChI=1S/C14H10FNO2/c15-13-3-1-2-12(16-13)9-6-10-4-7-11(8-5-10)14(17)18/h1-9H,(H,17,18)/b9-6+. The quantitative estimate of drug-likeness (QED) is 0.843. The molecular formula is C14H10FNO2. The number of benzene rings is 1. The second-order valence-electron chi connectivity index (χ2n) is 3.65. The monoisotopic (exact) mass is 243 g/mol. The van der Waals surface area contributed by atoms with E-state index in [2.05, 4.69) is 4.98 Å². The lowest BCUT2D eigenvalue weighted by Gasteiger charge is -1.96. The summed E-state index contributed by atoms with van der Waals surface area (Å²) in [6.07, 6.45) is 3.41. The molecule has 0 amide bonds. The molecule has 0 bridgehead atoms. The Morgan fingerprint density at radius 3 is 2.44 bits per heavy atom. The summed E-state index contributed by atoms with van der Waals surface area (Å²) in [5.41, 5.74) is 1.57. The normalized spacial score (nSPS) is 10.7. The number of carboxylic acid groups (broad SMARTS) is 1. The highest BCUT2D eigenvalue weighted by Gasteiger charge is 2.00. The number of aromatic nitrogens is 1. The number of rotatable bonds is 3. The smallest absolute Gasteiger partial charge is 0.335 e. The summed E-state index contributed by atoms with van der Waals surface area (Å²) in [5.74, 6) is -1.49. The van der Waals surface area contributed by atoms with Crippen molar-refractivity contribution in [3.05, 3.63) is 65.2 Å². The number of hydrogen-bond acceptors (Lipinski definition) is 2. The van der Waals surface area contributed by atoms with Gasteiger partial charge in [0.1, 0.15) is 0 Å². The van der Waals surface area contributed by atoms with Crippen LogP contribution in [0.5, 0.6) is 0 Å². The molecule has 1 aromatic heterocycles. The van der Waals surface area contributed by atoms with E-state index in [1.807, 2.05) is 0 Å². The second kappa shape index (κ2) is 5.23. The number of pyridine rings is 1. The third-order valence-electron chi connectivity index (χ3n) is 2.34. The minimum Gasteiger partial charge on any atom is -0.478 e. The lowest BCUT2D eigenvalue weighted by molar-refractivity contribution is 0.0697. The molecule has 0 spiro atoms. The van der Waals surface area contributed by atoms with Crippen LogP contribution in [0.1, 0.15) is 21.6 Å². The van der Waals surface area contributed by atoms with E-state index < -0.39 is 11.9 Å². The molecule has 0 saturated heterocycles. The molecule has 1 heterocycles. The van der Waals surface area contributed by atoms with Gasteiger partial charge >= 0.3 is 5.97 Å². The first-order valence-electron chi connectivity index (χ1n) is 5.29. The summed E-state index contributed by atoms with van der Waals surface area (Å²) in [5, 5.41) is 8.74. The van der Waals surface area contributed by atoms with Crippen molar-refractivity contribution in [2.24, 2.45) is 0 Å². The van der Waals surface area contributed by atoms with Crippen molar-refractivity contribution in [2.75, 3.05) is 0 Å². The van der Waals surface area contributed by atoms with Crippen LogP contribution in [-0.2, 0) is 0 Å². The van der Waals surface area contributed by atoms with Gasteiger partial charge in [-0.15, -0.1) is 0 Å². The van der Waals surface area contributed by atoms with Gasteiger partial charge in [-0.05, 0) is 35.9 Å². The molecule has 90 valence electrons. The minimum absolute atomic E-state index is 0.232. The topological polar surface area (TPSA) is 50.2 Å². The van der Waals surface area contributed by atoms with Crippen LogP contribution in [0.15, 0.2) is 42.5 Å². The summed E-state index contributed by atoms with van der Waals surface area (Å²) in [6.45, 7) is 0. The molecule has 3 nitrogen and oxygen atoms in total.